The average Bonchev–Trinajstić information content (AvgIpc) is 3.21. The first-order valence-electron chi connectivity index (χ1n) is 11.1. The third kappa shape index (κ3) is 3.41. The number of allylic oxidation sites excluding steroid dienone is 2. The molecule has 1 unspecified atom stereocenters. The maximum atomic E-state index is 2.72. The minimum Gasteiger partial charge on any atom is -0.0795 e. The Bertz CT molecular complexity index is 1030. The zero-order chi connectivity index (χ0) is 21.2. The fraction of sp³-hybridized carbons (Fsp3) is 0.385. The first-order valence-corrected chi connectivity index (χ1v) is 21.1. The monoisotopic (exact) mass is 432 g/mol. The molecule has 0 radical (unpaired) electrons. The Hall–Kier alpha value is -1.43. The molecule has 4 rings (SSSR count). The lowest BCUT2D eigenvalue weighted by Gasteiger charge is -2.35. The van der Waals surface area contributed by atoms with Crippen molar-refractivity contribution in [3.63, 3.8) is 0 Å². The molecule has 0 aromatic heterocycles. The molecule has 0 fully saturated rings. The van der Waals surface area contributed by atoms with E-state index in [9.17, 15) is 0 Å². The molecule has 2 aromatic rings. The van der Waals surface area contributed by atoms with E-state index in [0.29, 0.717) is 5.54 Å². The molecule has 0 nitrogen and oxygen atoms in total. The van der Waals surface area contributed by atoms with E-state index < -0.39 is 24.2 Å². The smallest absolute Gasteiger partial charge is 0.0795 e. The molecule has 29 heavy (non-hydrogen) atoms. The van der Waals surface area contributed by atoms with Gasteiger partial charge >= 0.3 is 0 Å². The molecule has 0 aliphatic heterocycles. The van der Waals surface area contributed by atoms with Gasteiger partial charge in [0.2, 0.25) is 0 Å². The van der Waals surface area contributed by atoms with E-state index in [0.717, 1.165) is 0 Å². The predicted octanol–water partition coefficient (Wildman–Crippen LogP) is 7.72. The Morgan fingerprint density at radius 2 is 1.28 bits per heavy atom. The molecule has 152 valence electrons. The molecule has 0 saturated carbocycles. The quantitative estimate of drug-likeness (QED) is 0.434. The van der Waals surface area contributed by atoms with E-state index in [1.807, 2.05) is 5.20 Å². The topological polar surface area (TPSA) is 0 Å². The van der Waals surface area contributed by atoms with Crippen LogP contribution in [0.2, 0.25) is 52.4 Å². The second-order valence-electron chi connectivity index (χ2n) is 11.6. The van der Waals surface area contributed by atoms with Gasteiger partial charge in [-0.1, -0.05) is 123 Å². The normalized spacial score (nSPS) is 19.3. The maximum absolute atomic E-state index is 2.72. The highest BCUT2D eigenvalue weighted by Crippen LogP contribution is 2.51. The van der Waals surface area contributed by atoms with Crippen LogP contribution in [-0.2, 0) is 6.42 Å². The maximum Gasteiger partial charge on any atom is 0.0872 e. The van der Waals surface area contributed by atoms with Gasteiger partial charge in [0.15, 0.2) is 0 Å². The van der Waals surface area contributed by atoms with Crippen LogP contribution >= 0.6 is 0 Å². The summed E-state index contributed by atoms with van der Waals surface area (Å²) in [5.41, 5.74) is 6.92. The summed E-state index contributed by atoms with van der Waals surface area (Å²) in [5.74, 6) is 0. The summed E-state index contributed by atoms with van der Waals surface area (Å²) < 4.78 is 0. The van der Waals surface area contributed by atoms with Crippen LogP contribution in [0.3, 0.4) is 0 Å². The minimum absolute atomic E-state index is 0.607. The Balaban J connectivity index is 1.91. The van der Waals surface area contributed by atoms with Crippen LogP contribution in [0.25, 0.3) is 10.4 Å². The summed E-state index contributed by atoms with van der Waals surface area (Å²) in [7, 11) is -4.54. The van der Waals surface area contributed by atoms with Gasteiger partial charge in [0.1, 0.15) is 0 Å². The molecule has 0 heterocycles. The van der Waals surface area contributed by atoms with E-state index in [1.165, 1.54) is 6.42 Å². The molecule has 0 bridgehead atoms. The molecular formula is C26H36Si3. The predicted molar refractivity (Wildman–Crippen MR) is 138 cm³/mol. The summed E-state index contributed by atoms with van der Waals surface area (Å²) in [4.78, 5) is 0. The van der Waals surface area contributed by atoms with Gasteiger partial charge in [-0.25, -0.2) is 0 Å². The number of fused-ring (bicyclic) bond motifs is 2. The van der Waals surface area contributed by atoms with E-state index in [1.54, 1.807) is 32.6 Å². The molecule has 2 aliphatic carbocycles. The van der Waals surface area contributed by atoms with Crippen molar-refractivity contribution in [1.82, 2.24) is 0 Å². The highest BCUT2D eigenvalue weighted by molar-refractivity contribution is 6.99. The third-order valence-corrected chi connectivity index (χ3v) is 15.4. The van der Waals surface area contributed by atoms with Crippen molar-refractivity contribution in [2.75, 3.05) is 0 Å². The molecule has 2 aliphatic rings. The standard InChI is InChI=1S/C26H36Si3/c1-27(2,3)23-18-24(22-16-12-11-15-21(22)23)29(7,8)25-17-19-13-9-10-14-20(19)26(25)28(4,5)6/h9-16,18,24H,17H2,1-8H3. The lowest BCUT2D eigenvalue weighted by molar-refractivity contribution is 1.13. The number of rotatable bonds is 4. The minimum atomic E-state index is -1.72. The van der Waals surface area contributed by atoms with Crippen molar-refractivity contribution in [2.24, 2.45) is 0 Å². The zero-order valence-corrected chi connectivity index (χ0v) is 22.5. The SMILES string of the molecule is C[Si](C)(C)C1=CC([Si](C)(C)C2=C([Si](C)(C)C)c3ccccc3C2)c2ccccc21. The van der Waals surface area contributed by atoms with Gasteiger partial charge in [-0.15, -0.1) is 0 Å². The van der Waals surface area contributed by atoms with Crippen molar-refractivity contribution < 1.29 is 0 Å². The molecule has 0 N–H and O–H groups in total. The van der Waals surface area contributed by atoms with Crippen molar-refractivity contribution >= 4 is 34.6 Å². The van der Waals surface area contributed by atoms with Crippen LogP contribution in [0.4, 0.5) is 0 Å². The molecule has 2 aromatic carbocycles. The highest BCUT2D eigenvalue weighted by Gasteiger charge is 2.45. The van der Waals surface area contributed by atoms with Crippen molar-refractivity contribution in [3.8, 4) is 0 Å². The van der Waals surface area contributed by atoms with Crippen LogP contribution < -0.4 is 0 Å². The summed E-state index contributed by atoms with van der Waals surface area (Å²) in [5, 5.41) is 5.30. The van der Waals surface area contributed by atoms with E-state index >= 15 is 0 Å². The Labute approximate surface area is 180 Å². The fourth-order valence-corrected chi connectivity index (χ4v) is 15.0. The van der Waals surface area contributed by atoms with Crippen LogP contribution in [0.15, 0.2) is 59.8 Å². The van der Waals surface area contributed by atoms with Gasteiger partial charge < -0.3 is 0 Å². The second-order valence-corrected chi connectivity index (χ2v) is 26.3. The van der Waals surface area contributed by atoms with Gasteiger partial charge in [0, 0.05) is 5.54 Å². The van der Waals surface area contributed by atoms with E-state index in [4.69, 9.17) is 0 Å². The number of hydrogen-bond donors (Lipinski definition) is 0. The summed E-state index contributed by atoms with van der Waals surface area (Å²) in [6, 6.07) is 18.6. The average molecular weight is 433 g/mol. The van der Waals surface area contributed by atoms with Gasteiger partial charge in [-0.3, -0.25) is 0 Å². The number of benzene rings is 2. The first kappa shape index (κ1) is 20.8. The zero-order valence-electron chi connectivity index (χ0n) is 19.5. The largest absolute Gasteiger partial charge is 0.0872 e. The lowest BCUT2D eigenvalue weighted by atomic mass is 10.1. The molecule has 0 amide bonds. The molecule has 0 saturated heterocycles. The first-order chi connectivity index (χ1) is 13.4. The van der Waals surface area contributed by atoms with Crippen LogP contribution in [0.1, 0.15) is 27.8 Å². The lowest BCUT2D eigenvalue weighted by Crippen LogP contribution is -2.39. The molecule has 1 atom stereocenters. The summed E-state index contributed by atoms with van der Waals surface area (Å²) in [6.07, 6.45) is 3.91. The van der Waals surface area contributed by atoms with Gasteiger partial charge in [0.25, 0.3) is 0 Å². The summed E-state index contributed by atoms with van der Waals surface area (Å²) >= 11 is 0. The van der Waals surface area contributed by atoms with Crippen molar-refractivity contribution in [3.05, 3.63) is 82.1 Å². The van der Waals surface area contributed by atoms with Crippen LogP contribution in [-0.4, -0.2) is 24.2 Å². The van der Waals surface area contributed by atoms with Crippen LogP contribution in [0, 0.1) is 0 Å². The van der Waals surface area contributed by atoms with E-state index in [2.05, 4.69) is 107 Å². The van der Waals surface area contributed by atoms with Gasteiger partial charge in [-0.05, 0) is 28.7 Å². The fourth-order valence-electron chi connectivity index (χ4n) is 5.56. The number of hydrogen-bond acceptors (Lipinski definition) is 0. The van der Waals surface area contributed by atoms with Crippen LogP contribution in [0.5, 0.6) is 0 Å². The second kappa shape index (κ2) is 6.79. The highest BCUT2D eigenvalue weighted by atomic mass is 28.3. The van der Waals surface area contributed by atoms with Crippen molar-refractivity contribution in [2.45, 2.75) is 64.3 Å². The van der Waals surface area contributed by atoms with E-state index in [-0.39, 0.29) is 0 Å². The van der Waals surface area contributed by atoms with Crippen molar-refractivity contribution in [1.29, 1.82) is 0 Å². The Morgan fingerprint density at radius 1 is 0.690 bits per heavy atom. The van der Waals surface area contributed by atoms with Gasteiger partial charge in [0.05, 0.1) is 24.2 Å². The Kier molecular flexibility index (Phi) is 4.88. The third-order valence-electron chi connectivity index (χ3n) is 6.99. The van der Waals surface area contributed by atoms with Gasteiger partial charge in [-0.2, -0.15) is 0 Å². The molecule has 3 heteroatoms. The molecular weight excluding hydrogens is 397 g/mol. The molecule has 0 spiro atoms. The summed E-state index contributed by atoms with van der Waals surface area (Å²) in [6.45, 7) is 20.4. The Morgan fingerprint density at radius 3 is 1.90 bits per heavy atom.